The van der Waals surface area contributed by atoms with Gasteiger partial charge in [-0.1, -0.05) is 124 Å². The SMILES string of the molecule is CC/C=C\C/C=C\C/C=C\C/C=C\C[C@@H](O)[C@H](O)CCCC(=O)O[C@H](COC(=O)CCC/C=C\C/C=C\C/C=C\C/C=C\CCCCC)COP(=O)(O)OCCN. The molecule has 0 radical (unpaired) electrons. The number of aliphatic hydroxyl groups excluding tert-OH is 2. The lowest BCUT2D eigenvalue weighted by Crippen LogP contribution is -2.30. The number of phosphoric acid groups is 1. The molecule has 5 N–H and O–H groups in total. The van der Waals surface area contributed by atoms with Crippen molar-refractivity contribution < 1.29 is 47.8 Å². The van der Waals surface area contributed by atoms with Crippen molar-refractivity contribution in [1.82, 2.24) is 0 Å². The number of nitrogens with two attached hydrogens (primary N) is 1. The van der Waals surface area contributed by atoms with Crippen LogP contribution in [-0.2, 0) is 32.7 Å². The Labute approximate surface area is 343 Å². The van der Waals surface area contributed by atoms with Crippen molar-refractivity contribution in [3.63, 3.8) is 0 Å². The summed E-state index contributed by atoms with van der Waals surface area (Å²) in [4.78, 5) is 34.9. The second kappa shape index (κ2) is 39.7. The Morgan fingerprint density at radius 2 is 1.12 bits per heavy atom. The highest BCUT2D eigenvalue weighted by Gasteiger charge is 2.26. The van der Waals surface area contributed by atoms with Gasteiger partial charge in [0.15, 0.2) is 6.10 Å². The fourth-order valence-corrected chi connectivity index (χ4v) is 5.71. The van der Waals surface area contributed by atoms with Crippen LogP contribution in [0.15, 0.2) is 97.2 Å². The van der Waals surface area contributed by atoms with Gasteiger partial charge in [-0.3, -0.25) is 18.6 Å². The summed E-state index contributed by atoms with van der Waals surface area (Å²) < 4.78 is 32.5. The Bertz CT molecular complexity index is 1290. The van der Waals surface area contributed by atoms with Crippen LogP contribution in [0.25, 0.3) is 0 Å². The summed E-state index contributed by atoms with van der Waals surface area (Å²) >= 11 is 0. The molecule has 0 aromatic carbocycles. The number of rotatable bonds is 37. The van der Waals surface area contributed by atoms with Gasteiger partial charge in [0.05, 0.1) is 25.4 Å². The Morgan fingerprint density at radius 1 is 0.614 bits per heavy atom. The number of esters is 2. The molecule has 11 nitrogen and oxygen atoms in total. The van der Waals surface area contributed by atoms with Crippen LogP contribution in [0.5, 0.6) is 0 Å². The van der Waals surface area contributed by atoms with Gasteiger partial charge in [-0.15, -0.1) is 0 Å². The van der Waals surface area contributed by atoms with Crippen LogP contribution in [0, 0.1) is 0 Å². The first-order chi connectivity index (χ1) is 27.6. The first-order valence-corrected chi connectivity index (χ1v) is 22.4. The summed E-state index contributed by atoms with van der Waals surface area (Å²) in [5, 5.41) is 20.7. The third-order valence-electron chi connectivity index (χ3n) is 8.15. The Morgan fingerprint density at radius 3 is 1.67 bits per heavy atom. The van der Waals surface area contributed by atoms with Crippen molar-refractivity contribution in [2.45, 2.75) is 148 Å². The average Bonchev–Trinajstić information content (AvgIpc) is 3.19. The van der Waals surface area contributed by atoms with Gasteiger partial charge in [-0.05, 0) is 89.9 Å². The Balaban J connectivity index is 4.55. The molecule has 12 heteroatoms. The van der Waals surface area contributed by atoms with Gasteiger partial charge in [0.25, 0.3) is 0 Å². The summed E-state index contributed by atoms with van der Waals surface area (Å²) in [6.45, 7) is 3.15. The van der Waals surface area contributed by atoms with E-state index in [0.717, 1.165) is 51.4 Å². The van der Waals surface area contributed by atoms with Crippen LogP contribution in [0.2, 0.25) is 0 Å². The highest BCUT2D eigenvalue weighted by molar-refractivity contribution is 7.47. The van der Waals surface area contributed by atoms with E-state index in [1.54, 1.807) is 0 Å². The van der Waals surface area contributed by atoms with Crippen LogP contribution >= 0.6 is 7.82 Å². The molecule has 57 heavy (non-hydrogen) atoms. The van der Waals surface area contributed by atoms with Gasteiger partial charge in [-0.2, -0.15) is 0 Å². The van der Waals surface area contributed by atoms with Crippen LogP contribution in [0.1, 0.15) is 129 Å². The number of hydrogen-bond acceptors (Lipinski definition) is 10. The standard InChI is InChI=1S/C45H74NO10P/c1-3-5-7-9-11-13-15-17-18-19-20-21-23-25-27-29-31-35-44(49)53-39-41(40-55-57(51,52)54-38-37-46)56-45(50)36-32-34-43(48)42(47)33-30-28-26-24-22-16-14-12-10-8-6-4-2/h6,8,11-14,17-18,20-22,24-25,27-28,30,41-43,47-48H,3-5,7,9-10,15-16,19,23,26,29,31-40,46H2,1-2H3,(H,51,52)/b8-6-,13-11-,14-12-,18-17-,21-20-,24-22-,27-25-,30-28-/t41-,42-,43-/m1/s1. The highest BCUT2D eigenvalue weighted by atomic mass is 31.2. The molecule has 0 aliphatic heterocycles. The fourth-order valence-electron chi connectivity index (χ4n) is 4.95. The predicted octanol–water partition coefficient (Wildman–Crippen LogP) is 9.77. The summed E-state index contributed by atoms with van der Waals surface area (Å²) in [5.41, 5.74) is 5.32. The van der Waals surface area contributed by atoms with Crippen molar-refractivity contribution in [1.29, 1.82) is 0 Å². The van der Waals surface area contributed by atoms with Crippen molar-refractivity contribution in [3.8, 4) is 0 Å². The number of ether oxygens (including phenoxy) is 2. The molecule has 4 atom stereocenters. The highest BCUT2D eigenvalue weighted by Crippen LogP contribution is 2.43. The van der Waals surface area contributed by atoms with Gasteiger partial charge in [0.1, 0.15) is 6.61 Å². The molecule has 0 heterocycles. The van der Waals surface area contributed by atoms with E-state index in [4.69, 9.17) is 24.3 Å². The molecule has 0 saturated carbocycles. The van der Waals surface area contributed by atoms with E-state index in [0.29, 0.717) is 12.8 Å². The average molecular weight is 820 g/mol. The topological polar surface area (TPSA) is 175 Å². The Hall–Kier alpha value is -3.15. The molecule has 0 aromatic heterocycles. The lowest BCUT2D eigenvalue weighted by molar-refractivity contribution is -0.161. The first-order valence-electron chi connectivity index (χ1n) is 20.9. The zero-order valence-corrected chi connectivity index (χ0v) is 35.6. The molecule has 0 fully saturated rings. The largest absolute Gasteiger partial charge is 0.472 e. The maximum Gasteiger partial charge on any atom is 0.472 e. The minimum atomic E-state index is -4.48. The van der Waals surface area contributed by atoms with Crippen LogP contribution in [0.4, 0.5) is 0 Å². The number of unbranched alkanes of at least 4 members (excludes halogenated alkanes) is 4. The molecule has 0 aliphatic rings. The van der Waals surface area contributed by atoms with Gasteiger partial charge in [0, 0.05) is 19.4 Å². The lowest BCUT2D eigenvalue weighted by atomic mass is 10.0. The maximum absolute atomic E-state index is 12.6. The van der Waals surface area contributed by atoms with E-state index in [-0.39, 0.29) is 51.9 Å². The molecule has 0 rings (SSSR count). The summed E-state index contributed by atoms with van der Waals surface area (Å²) in [5.74, 6) is -1.19. The smallest absolute Gasteiger partial charge is 0.462 e. The van der Waals surface area contributed by atoms with Gasteiger partial charge >= 0.3 is 19.8 Å². The number of allylic oxidation sites excluding steroid dienone is 15. The molecule has 324 valence electrons. The fraction of sp³-hybridized carbons (Fsp3) is 0.600. The molecule has 1 unspecified atom stereocenters. The zero-order valence-electron chi connectivity index (χ0n) is 34.7. The third-order valence-corrected chi connectivity index (χ3v) is 9.14. The van der Waals surface area contributed by atoms with E-state index < -0.39 is 44.7 Å². The van der Waals surface area contributed by atoms with Gasteiger partial charge in [0.2, 0.25) is 0 Å². The van der Waals surface area contributed by atoms with E-state index in [2.05, 4.69) is 80.7 Å². The molecule has 0 aromatic rings. The normalized spacial score (nSPS) is 15.4. The number of aliphatic hydroxyl groups is 2. The van der Waals surface area contributed by atoms with Crippen molar-refractivity contribution in [2.75, 3.05) is 26.4 Å². The molecular formula is C45H74NO10P. The Kier molecular flexibility index (Phi) is 37.5. The van der Waals surface area contributed by atoms with Crippen molar-refractivity contribution in [3.05, 3.63) is 97.2 Å². The van der Waals surface area contributed by atoms with E-state index in [9.17, 15) is 29.3 Å². The second-order valence-corrected chi connectivity index (χ2v) is 14.9. The maximum atomic E-state index is 12.6. The van der Waals surface area contributed by atoms with Crippen molar-refractivity contribution in [2.24, 2.45) is 5.73 Å². The van der Waals surface area contributed by atoms with Gasteiger partial charge in [-0.25, -0.2) is 4.57 Å². The molecule has 0 saturated heterocycles. The molecule has 0 aliphatic carbocycles. The molecule has 0 amide bonds. The molecule has 0 spiro atoms. The van der Waals surface area contributed by atoms with Crippen LogP contribution in [-0.4, -0.2) is 71.7 Å². The first kappa shape index (κ1) is 53.9. The summed E-state index contributed by atoms with van der Waals surface area (Å²) in [6.07, 6.45) is 43.3. The third kappa shape index (κ3) is 38.2. The summed E-state index contributed by atoms with van der Waals surface area (Å²) in [6, 6.07) is 0. The lowest BCUT2D eigenvalue weighted by Gasteiger charge is -2.20. The monoisotopic (exact) mass is 820 g/mol. The zero-order chi connectivity index (χ0) is 42.1. The molecule has 0 bridgehead atoms. The van der Waals surface area contributed by atoms with Crippen molar-refractivity contribution >= 4 is 19.8 Å². The molecular weight excluding hydrogens is 745 g/mol. The quantitative estimate of drug-likeness (QED) is 0.0203. The van der Waals surface area contributed by atoms with Crippen LogP contribution in [0.3, 0.4) is 0 Å². The van der Waals surface area contributed by atoms with E-state index in [1.165, 1.54) is 19.3 Å². The number of carbonyl (C=O) groups is 2. The van der Waals surface area contributed by atoms with E-state index >= 15 is 0 Å². The number of hydrogen-bond donors (Lipinski definition) is 4. The van der Waals surface area contributed by atoms with Crippen LogP contribution < -0.4 is 5.73 Å². The second-order valence-electron chi connectivity index (χ2n) is 13.4. The van der Waals surface area contributed by atoms with E-state index in [1.807, 2.05) is 30.4 Å². The number of phosphoric ester groups is 1. The minimum absolute atomic E-state index is 0.00497. The van der Waals surface area contributed by atoms with Gasteiger partial charge < -0.3 is 30.3 Å². The minimum Gasteiger partial charge on any atom is -0.462 e. The predicted molar refractivity (Wildman–Crippen MR) is 231 cm³/mol. The summed E-state index contributed by atoms with van der Waals surface area (Å²) in [7, 11) is -4.48. The number of carbonyl (C=O) groups excluding carboxylic acids is 2.